The van der Waals surface area contributed by atoms with Crippen molar-refractivity contribution in [2.24, 2.45) is 138 Å². The zero-order valence-corrected chi connectivity index (χ0v) is 86.7. The van der Waals surface area contributed by atoms with Crippen LogP contribution in [0.2, 0.25) is 0 Å². The summed E-state index contributed by atoms with van der Waals surface area (Å²) in [6, 6.07) is 23.6. The highest BCUT2D eigenvalue weighted by atomic mass is 16.5. The molecule has 14 fully saturated rings. The molecule has 0 aliphatic heterocycles. The number of benzene rings is 4. The van der Waals surface area contributed by atoms with Gasteiger partial charge in [0.15, 0.2) is 11.6 Å². The van der Waals surface area contributed by atoms with Gasteiger partial charge in [-0.3, -0.25) is 19.2 Å². The Kier molecular flexibility index (Phi) is 29.0. The lowest BCUT2D eigenvalue weighted by atomic mass is 9.46. The standard InChI is InChI=1S/2C21H30O3.2C20H28O3.2C20H26O3/c2*1-20-8-6-14(22)11-18(20)13(12-24-3)10-15-16-4-5-19(23)21(16,2)9-7-17(15)20;4*1-20-8-7-15-14-4-3-13(21)10-16(14)12(11-23-2)9-17(15)18(20)5-6-19(20)22/h2*6,8,11,13,15-17,19,23H,4-5,7,9-10,12H2,1-3H3;2*3-4,10,12,15,17-19,21-22H,5-9,11H2,1-2H3;2*3-4,10,12,15,17-18,21H,5-9,11H2,1-2H3/t13-,15+,16+,17+,19?,20-,21+;13-,15-,16-,17-,19?,20+,21-;12-,15+,17+,18-,19?,20-;12-,15-,17-,18+,19?,20+;12-,15+,17+,18-,20-;12-,15-,17-,18+,20+/m100101/s1. The Labute approximate surface area is 834 Å². The highest BCUT2D eigenvalue weighted by molar-refractivity contribution is 6.02. The summed E-state index contributed by atoms with van der Waals surface area (Å²) in [4.78, 5) is 48.9. The fraction of sp³-hybridized carbons (Fsp3) is 0.705. The number of allylic oxidation sites excluding steroid dienone is 6. The molecular formula is C122H168O18. The van der Waals surface area contributed by atoms with E-state index >= 15 is 0 Å². The molecule has 0 amide bonds. The van der Waals surface area contributed by atoms with Gasteiger partial charge in [0.05, 0.1) is 64.1 Å². The van der Waals surface area contributed by atoms with Crippen LogP contribution in [-0.2, 0) is 47.6 Å². The third-order valence-electron chi connectivity index (χ3n) is 44.5. The Bertz CT molecular complexity index is 5030. The summed E-state index contributed by atoms with van der Waals surface area (Å²) in [5.74, 6) is 15.3. The number of aliphatic hydroxyl groups is 4. The van der Waals surface area contributed by atoms with E-state index in [1.165, 1.54) is 55.7 Å². The van der Waals surface area contributed by atoms with Crippen LogP contribution in [0.15, 0.2) is 120 Å². The molecule has 18 nitrogen and oxygen atoms in total. The molecule has 0 spiro atoms. The van der Waals surface area contributed by atoms with Crippen LogP contribution in [0.5, 0.6) is 23.0 Å². The molecule has 20 aliphatic carbocycles. The predicted molar refractivity (Wildman–Crippen MR) is 543 cm³/mol. The minimum atomic E-state index is -0.141. The van der Waals surface area contributed by atoms with Gasteiger partial charge in [0.2, 0.25) is 0 Å². The van der Waals surface area contributed by atoms with E-state index in [1.54, 1.807) is 54.8 Å². The van der Waals surface area contributed by atoms with Gasteiger partial charge in [-0.05, 0) is 425 Å². The van der Waals surface area contributed by atoms with Crippen molar-refractivity contribution in [2.75, 3.05) is 82.3 Å². The fourth-order valence-corrected chi connectivity index (χ4v) is 37.3. The molecular weight excluding hydrogens is 1750 g/mol. The summed E-state index contributed by atoms with van der Waals surface area (Å²) in [5.41, 5.74) is 13.5. The second kappa shape index (κ2) is 39.8. The number of hydrogen-bond acceptors (Lipinski definition) is 18. The van der Waals surface area contributed by atoms with Crippen LogP contribution in [0.25, 0.3) is 0 Å². The molecule has 764 valence electrons. The smallest absolute Gasteiger partial charge is 0.178 e. The molecule has 4 aromatic rings. The van der Waals surface area contributed by atoms with E-state index in [0.717, 1.165) is 193 Å². The van der Waals surface area contributed by atoms with Crippen molar-refractivity contribution < 1.29 is 88.5 Å². The Morgan fingerprint density at radius 2 is 0.529 bits per heavy atom. The summed E-state index contributed by atoms with van der Waals surface area (Å²) in [6.07, 6.45) is 43.2. The third kappa shape index (κ3) is 17.5. The number of rotatable bonds is 12. The van der Waals surface area contributed by atoms with Gasteiger partial charge in [0.25, 0.3) is 0 Å². The molecule has 36 atom stereocenters. The van der Waals surface area contributed by atoms with Crippen LogP contribution in [0.4, 0.5) is 0 Å². The van der Waals surface area contributed by atoms with Gasteiger partial charge < -0.3 is 69.3 Å². The molecule has 18 heteroatoms. The second-order valence-corrected chi connectivity index (χ2v) is 50.5. The average molecular weight is 1920 g/mol. The van der Waals surface area contributed by atoms with Gasteiger partial charge in [-0.25, -0.2) is 0 Å². The van der Waals surface area contributed by atoms with E-state index in [2.05, 4.69) is 91.8 Å². The first kappa shape index (κ1) is 102. The highest BCUT2D eigenvalue weighted by Crippen LogP contribution is 2.72. The lowest BCUT2D eigenvalue weighted by Crippen LogP contribution is -2.52. The normalized spacial score (nSPS) is 43.7. The zero-order chi connectivity index (χ0) is 99.0. The van der Waals surface area contributed by atoms with Crippen molar-refractivity contribution in [2.45, 2.75) is 320 Å². The van der Waals surface area contributed by atoms with Crippen molar-refractivity contribution >= 4 is 23.1 Å². The number of carbonyl (C=O) groups is 4. The second-order valence-electron chi connectivity index (χ2n) is 50.5. The Morgan fingerprint density at radius 3 is 0.814 bits per heavy atom. The zero-order valence-electron chi connectivity index (χ0n) is 86.7. The molecule has 0 aromatic heterocycles. The summed E-state index contributed by atoms with van der Waals surface area (Å²) < 4.78 is 32.9. The SMILES string of the molecule is COC[C@@H]1C[C@@H]2[C@H](CC[C@]3(C)C(=O)CC[C@@H]23)c2ccc(O)cc21.COC[C@@H]1C[C@@H]2[C@H](CC[C@]3(C)C(O)CC[C@@H]23)[C@@]2(C)C=CC(=O)C=C12.COC[C@@H]1C[C@@H]2[C@H](CC[C@]3(C)C(O)CC[C@@H]23)c2ccc(O)cc21.COC[C@H]1C[C@@H]2[C@H](CC[C@]3(C)C(=O)CC[C@@H]23)c2ccc(O)cc21.COC[C@H]1C[C@@H]2[C@H](CC[C@]3(C)C(O)CC[C@@H]23)[C@@]2(C)C=CC(=O)C=C12.COC[C@H]1C[C@@H]2[C@H](CC[C@]3(C)C(O)CC[C@@H]23)c2ccc(O)cc21. The number of Topliss-reactive ketones (excluding diaryl/α,β-unsaturated/α-hetero) is 2. The number of phenols is 4. The van der Waals surface area contributed by atoms with Gasteiger partial charge >= 0.3 is 0 Å². The van der Waals surface area contributed by atoms with Crippen molar-refractivity contribution in [1.29, 1.82) is 0 Å². The topological polar surface area (TPSA) is 285 Å². The number of aliphatic hydroxyl groups excluding tert-OH is 4. The lowest BCUT2D eigenvalue weighted by Gasteiger charge is -2.58. The predicted octanol–water partition coefficient (Wildman–Crippen LogP) is 22.7. The van der Waals surface area contributed by atoms with E-state index in [-0.39, 0.29) is 79.3 Å². The summed E-state index contributed by atoms with van der Waals surface area (Å²) >= 11 is 0. The van der Waals surface area contributed by atoms with Crippen molar-refractivity contribution in [3.8, 4) is 23.0 Å². The van der Waals surface area contributed by atoms with Crippen LogP contribution in [0, 0.1) is 138 Å². The monoisotopic (exact) mass is 1920 g/mol. The Morgan fingerprint density at radius 1 is 0.279 bits per heavy atom. The van der Waals surface area contributed by atoms with Crippen LogP contribution in [-0.4, -0.2) is 171 Å². The molecule has 0 radical (unpaired) electrons. The molecule has 4 unspecified atom stereocenters. The maximum Gasteiger partial charge on any atom is 0.178 e. The lowest BCUT2D eigenvalue weighted by molar-refractivity contribution is -0.130. The fourth-order valence-electron chi connectivity index (χ4n) is 37.3. The minimum absolute atomic E-state index is 0.0190. The quantitative estimate of drug-likeness (QED) is 0.0654. The van der Waals surface area contributed by atoms with E-state index in [0.29, 0.717) is 216 Å². The molecule has 0 saturated heterocycles. The summed E-state index contributed by atoms with van der Waals surface area (Å²) in [7, 11) is 10.5. The Hall–Kier alpha value is -6.68. The molecule has 4 aromatic carbocycles. The van der Waals surface area contributed by atoms with E-state index in [9.17, 15) is 60.0 Å². The highest BCUT2D eigenvalue weighted by Gasteiger charge is 2.65. The molecule has 0 heterocycles. The summed E-state index contributed by atoms with van der Waals surface area (Å²) in [5, 5.41) is 81.9. The largest absolute Gasteiger partial charge is 0.508 e. The maximum absolute atomic E-state index is 12.4. The van der Waals surface area contributed by atoms with Crippen molar-refractivity contribution in [1.82, 2.24) is 0 Å². The van der Waals surface area contributed by atoms with Gasteiger partial charge in [0.1, 0.15) is 34.6 Å². The molecule has 20 aliphatic rings. The number of phenolic OH excluding ortho intramolecular Hbond substituents is 4. The van der Waals surface area contributed by atoms with Crippen LogP contribution in [0.3, 0.4) is 0 Å². The number of fused-ring (bicyclic) bond motifs is 30. The Balaban J connectivity index is 0.000000107. The van der Waals surface area contributed by atoms with Crippen LogP contribution < -0.4 is 0 Å². The van der Waals surface area contributed by atoms with E-state index in [1.807, 2.05) is 60.7 Å². The molecule has 8 N–H and O–H groups in total. The first-order valence-electron chi connectivity index (χ1n) is 54.9. The van der Waals surface area contributed by atoms with Gasteiger partial charge in [-0.15, -0.1) is 0 Å². The van der Waals surface area contributed by atoms with E-state index in [4.69, 9.17) is 28.4 Å². The van der Waals surface area contributed by atoms with Gasteiger partial charge in [0, 0.05) is 113 Å². The first-order valence-corrected chi connectivity index (χ1v) is 54.9. The van der Waals surface area contributed by atoms with E-state index < -0.39 is 0 Å². The van der Waals surface area contributed by atoms with Crippen molar-refractivity contribution in [3.63, 3.8) is 0 Å². The minimum Gasteiger partial charge on any atom is -0.508 e. The van der Waals surface area contributed by atoms with Crippen LogP contribution >= 0.6 is 0 Å². The molecule has 14 saturated carbocycles. The first-order chi connectivity index (χ1) is 67.0. The number of ether oxygens (including phenoxy) is 6. The van der Waals surface area contributed by atoms with Gasteiger partial charge in [-0.2, -0.15) is 0 Å². The third-order valence-corrected chi connectivity index (χ3v) is 44.5. The van der Waals surface area contributed by atoms with Crippen molar-refractivity contribution in [3.05, 3.63) is 165 Å². The average Bonchev–Trinajstić information content (AvgIpc) is 1.40. The van der Waals surface area contributed by atoms with Crippen LogP contribution in [0.1, 0.15) is 340 Å². The number of ketones is 4. The van der Waals surface area contributed by atoms with Gasteiger partial charge in [-0.1, -0.05) is 103 Å². The molecule has 24 rings (SSSR count). The number of carbonyl (C=O) groups excluding carboxylic acids is 4. The number of hydrogen-bond donors (Lipinski definition) is 8. The number of aromatic hydroxyl groups is 4. The molecule has 140 heavy (non-hydrogen) atoms. The maximum atomic E-state index is 12.4. The summed E-state index contributed by atoms with van der Waals surface area (Å²) in [6.45, 7) is 22.5. The molecule has 0 bridgehead atoms. The number of methoxy groups -OCH3 is 6.